The third-order valence-electron chi connectivity index (χ3n) is 7.17. The lowest BCUT2D eigenvalue weighted by Crippen LogP contribution is -2.57. The van der Waals surface area contributed by atoms with Crippen LogP contribution in [0.25, 0.3) is 33.5 Å². The number of likely N-dealkylation sites (tertiary alicyclic amines) is 1. The average Bonchev–Trinajstić information content (AvgIpc) is 3.39. The lowest BCUT2D eigenvalue weighted by molar-refractivity contribution is -0.0794. The summed E-state index contributed by atoms with van der Waals surface area (Å²) < 4.78 is 47.9. The first-order chi connectivity index (χ1) is 17.9. The molecule has 0 saturated carbocycles. The molecular formula is C24H28F3N9O. The number of imidazole rings is 1. The molecule has 0 aromatic carbocycles. The zero-order chi connectivity index (χ0) is 25.7. The van der Waals surface area contributed by atoms with E-state index in [1.807, 2.05) is 0 Å². The Morgan fingerprint density at radius 2 is 2.03 bits per heavy atom. The van der Waals surface area contributed by atoms with Crippen LogP contribution in [-0.4, -0.2) is 92.4 Å². The van der Waals surface area contributed by atoms with Gasteiger partial charge in [0.2, 0.25) is 5.95 Å². The standard InChI is InChI=1S/C24H28F3N9O/c1-12-30-18-4-3-16(31-23(18)36(12)9-19(26)27)14-7-29-22-20(14)21(28-2)33-24(34-22)32-17-5-6-35(8-15(17)25)13-10-37-11-13/h3-4,7,13,15,17,19H,5-6,8-11H2,1-2H3,(H3,28,29,32,33,34)/t15-,17+/m0/s1. The van der Waals surface area contributed by atoms with Crippen LogP contribution in [-0.2, 0) is 11.3 Å². The van der Waals surface area contributed by atoms with Crippen molar-refractivity contribution in [2.75, 3.05) is 44.0 Å². The van der Waals surface area contributed by atoms with Crippen LogP contribution in [0.4, 0.5) is 24.9 Å². The van der Waals surface area contributed by atoms with Crippen LogP contribution in [0, 0.1) is 6.92 Å². The van der Waals surface area contributed by atoms with Crippen molar-refractivity contribution < 1.29 is 17.9 Å². The summed E-state index contributed by atoms with van der Waals surface area (Å²) in [6.07, 6.45) is -1.17. The molecule has 4 aromatic heterocycles. The lowest BCUT2D eigenvalue weighted by Gasteiger charge is -2.42. The second-order valence-corrected chi connectivity index (χ2v) is 9.51. The number of nitrogens with zero attached hydrogens (tertiary/aromatic N) is 6. The van der Waals surface area contributed by atoms with Gasteiger partial charge in [0.05, 0.1) is 42.9 Å². The van der Waals surface area contributed by atoms with Gasteiger partial charge in [-0.25, -0.2) is 23.1 Å². The molecule has 0 radical (unpaired) electrons. The number of fused-ring (bicyclic) bond motifs is 2. The summed E-state index contributed by atoms with van der Waals surface area (Å²) in [5, 5.41) is 6.98. The number of rotatable bonds is 7. The van der Waals surface area contributed by atoms with Crippen LogP contribution in [0.5, 0.6) is 0 Å². The summed E-state index contributed by atoms with van der Waals surface area (Å²) >= 11 is 0. The zero-order valence-electron chi connectivity index (χ0n) is 20.5. The van der Waals surface area contributed by atoms with E-state index >= 15 is 0 Å². The second-order valence-electron chi connectivity index (χ2n) is 9.51. The summed E-state index contributed by atoms with van der Waals surface area (Å²) in [7, 11) is 1.75. The molecule has 0 bridgehead atoms. The van der Waals surface area contributed by atoms with Crippen LogP contribution in [0.1, 0.15) is 12.2 Å². The fourth-order valence-corrected chi connectivity index (χ4v) is 5.12. The van der Waals surface area contributed by atoms with Gasteiger partial charge in [0.15, 0.2) is 5.65 Å². The van der Waals surface area contributed by atoms with Crippen LogP contribution in [0.15, 0.2) is 18.3 Å². The van der Waals surface area contributed by atoms with Crippen molar-refractivity contribution in [1.82, 2.24) is 34.4 Å². The summed E-state index contributed by atoms with van der Waals surface area (Å²) in [6, 6.07) is 3.48. The summed E-state index contributed by atoms with van der Waals surface area (Å²) in [5.41, 5.74) is 2.79. The number of hydrogen-bond acceptors (Lipinski definition) is 8. The van der Waals surface area contributed by atoms with Gasteiger partial charge in [0, 0.05) is 31.9 Å². The van der Waals surface area contributed by atoms with Crippen molar-refractivity contribution in [3.63, 3.8) is 0 Å². The van der Waals surface area contributed by atoms with Crippen molar-refractivity contribution >= 4 is 34.0 Å². The topological polar surface area (TPSA) is 109 Å². The fourth-order valence-electron chi connectivity index (χ4n) is 5.12. The van der Waals surface area contributed by atoms with E-state index < -0.39 is 25.2 Å². The Hall–Kier alpha value is -3.45. The Bertz CT molecular complexity index is 1430. The van der Waals surface area contributed by atoms with E-state index in [0.717, 1.165) is 12.1 Å². The van der Waals surface area contributed by atoms with E-state index in [2.05, 4.69) is 40.5 Å². The highest BCUT2D eigenvalue weighted by molar-refractivity contribution is 6.01. The molecule has 2 fully saturated rings. The van der Waals surface area contributed by atoms with Crippen LogP contribution >= 0.6 is 0 Å². The number of halogens is 3. The maximum absolute atomic E-state index is 15.0. The van der Waals surface area contributed by atoms with Gasteiger partial charge in [-0.2, -0.15) is 9.97 Å². The van der Waals surface area contributed by atoms with Gasteiger partial charge in [-0.05, 0) is 25.5 Å². The lowest BCUT2D eigenvalue weighted by atomic mass is 10.0. The predicted molar refractivity (Wildman–Crippen MR) is 134 cm³/mol. The number of nitrogens with one attached hydrogen (secondary N) is 3. The van der Waals surface area contributed by atoms with E-state index in [1.165, 1.54) is 4.57 Å². The normalized spacial score (nSPS) is 21.1. The van der Waals surface area contributed by atoms with Gasteiger partial charge >= 0.3 is 0 Å². The Labute approximate surface area is 210 Å². The number of H-pyrrole nitrogens is 1. The molecule has 2 atom stereocenters. The monoisotopic (exact) mass is 515 g/mol. The number of ether oxygens (including phenoxy) is 1. The van der Waals surface area contributed by atoms with E-state index in [0.29, 0.717) is 77.7 Å². The van der Waals surface area contributed by atoms with Crippen LogP contribution in [0.2, 0.25) is 0 Å². The molecule has 2 saturated heterocycles. The van der Waals surface area contributed by atoms with Crippen molar-refractivity contribution in [2.45, 2.75) is 44.6 Å². The van der Waals surface area contributed by atoms with Gasteiger partial charge in [0.25, 0.3) is 6.43 Å². The minimum atomic E-state index is -2.52. The molecule has 0 spiro atoms. The van der Waals surface area contributed by atoms with Crippen LogP contribution in [0.3, 0.4) is 0 Å². The number of aromatic amines is 1. The first kappa shape index (κ1) is 23.9. The number of pyridine rings is 1. The summed E-state index contributed by atoms with van der Waals surface area (Å²) in [5.74, 6) is 1.35. The van der Waals surface area contributed by atoms with E-state index in [1.54, 1.807) is 32.3 Å². The highest BCUT2D eigenvalue weighted by Gasteiger charge is 2.35. The van der Waals surface area contributed by atoms with E-state index in [4.69, 9.17) is 4.74 Å². The third-order valence-corrected chi connectivity index (χ3v) is 7.17. The van der Waals surface area contributed by atoms with Gasteiger partial charge in [0.1, 0.15) is 29.0 Å². The summed E-state index contributed by atoms with van der Waals surface area (Å²) in [6.45, 7) is 3.69. The number of piperidine rings is 1. The smallest absolute Gasteiger partial charge is 0.256 e. The van der Waals surface area contributed by atoms with Crippen molar-refractivity contribution in [2.24, 2.45) is 0 Å². The van der Waals surface area contributed by atoms with Gasteiger partial charge in [-0.1, -0.05) is 0 Å². The molecule has 2 aliphatic heterocycles. The van der Waals surface area contributed by atoms with E-state index in [9.17, 15) is 13.2 Å². The Balaban J connectivity index is 1.30. The largest absolute Gasteiger partial charge is 0.378 e. The minimum Gasteiger partial charge on any atom is -0.378 e. The Morgan fingerprint density at radius 1 is 1.19 bits per heavy atom. The SMILES string of the molecule is CNc1nc(N[C@@H]2CCN(C3COC3)C[C@@H]2F)nc2[nH]cc(-c3ccc4nc(C)n(CC(F)F)c4n3)c12. The van der Waals surface area contributed by atoms with Gasteiger partial charge < -0.3 is 24.9 Å². The first-order valence-corrected chi connectivity index (χ1v) is 12.3. The number of anilines is 2. The van der Waals surface area contributed by atoms with Gasteiger partial charge in [-0.15, -0.1) is 0 Å². The molecule has 0 unspecified atom stereocenters. The number of aryl methyl sites for hydroxylation is 1. The molecular weight excluding hydrogens is 487 g/mol. The Kier molecular flexibility index (Phi) is 6.11. The molecule has 3 N–H and O–H groups in total. The molecule has 10 nitrogen and oxygen atoms in total. The second kappa shape index (κ2) is 9.45. The number of aromatic nitrogens is 6. The molecule has 4 aromatic rings. The summed E-state index contributed by atoms with van der Waals surface area (Å²) in [4.78, 5) is 23.5. The highest BCUT2D eigenvalue weighted by Crippen LogP contribution is 2.33. The quantitative estimate of drug-likeness (QED) is 0.344. The van der Waals surface area contributed by atoms with Crippen molar-refractivity contribution in [1.29, 1.82) is 0 Å². The minimum absolute atomic E-state index is 0.311. The third kappa shape index (κ3) is 4.35. The van der Waals surface area contributed by atoms with Crippen molar-refractivity contribution in [3.8, 4) is 11.3 Å². The predicted octanol–water partition coefficient (Wildman–Crippen LogP) is 3.21. The highest BCUT2D eigenvalue weighted by atomic mass is 19.3. The maximum Gasteiger partial charge on any atom is 0.256 e. The maximum atomic E-state index is 15.0. The molecule has 0 aliphatic carbocycles. The average molecular weight is 516 g/mol. The molecule has 0 amide bonds. The molecule has 6 rings (SSSR count). The van der Waals surface area contributed by atoms with Crippen LogP contribution < -0.4 is 10.6 Å². The number of hydrogen-bond donors (Lipinski definition) is 3. The molecule has 6 heterocycles. The first-order valence-electron chi connectivity index (χ1n) is 12.3. The van der Waals surface area contributed by atoms with Gasteiger partial charge in [-0.3, -0.25) is 4.90 Å². The zero-order valence-corrected chi connectivity index (χ0v) is 20.5. The Morgan fingerprint density at radius 3 is 2.73 bits per heavy atom. The molecule has 37 heavy (non-hydrogen) atoms. The fraction of sp³-hybridized carbons (Fsp3) is 0.500. The molecule has 2 aliphatic rings. The van der Waals surface area contributed by atoms with E-state index in [-0.39, 0.29) is 0 Å². The molecule has 13 heteroatoms. The van der Waals surface area contributed by atoms with Crippen molar-refractivity contribution in [3.05, 3.63) is 24.2 Å². The number of alkyl halides is 3. The molecule has 196 valence electrons.